The van der Waals surface area contributed by atoms with E-state index in [9.17, 15) is 4.79 Å². The molecule has 0 saturated carbocycles. The molecule has 1 unspecified atom stereocenters. The lowest BCUT2D eigenvalue weighted by atomic mass is 9.93. The summed E-state index contributed by atoms with van der Waals surface area (Å²) in [5, 5.41) is 0. The first-order valence-electron chi connectivity index (χ1n) is 6.85. The van der Waals surface area contributed by atoms with Crippen molar-refractivity contribution in [2.24, 2.45) is 5.73 Å². The van der Waals surface area contributed by atoms with Crippen LogP contribution in [0.3, 0.4) is 0 Å². The van der Waals surface area contributed by atoms with Crippen LogP contribution in [-0.2, 0) is 14.3 Å². The van der Waals surface area contributed by atoms with E-state index in [1.54, 1.807) is 0 Å². The zero-order valence-electron chi connectivity index (χ0n) is 11.4. The fourth-order valence-corrected chi connectivity index (χ4v) is 2.88. The summed E-state index contributed by atoms with van der Waals surface area (Å²) in [6.45, 7) is 6.37. The summed E-state index contributed by atoms with van der Waals surface area (Å²) in [5.74, 6) is -0.543. The lowest BCUT2D eigenvalue weighted by Crippen LogP contribution is -2.59. The summed E-state index contributed by atoms with van der Waals surface area (Å²) in [7, 11) is 0. The second-order valence-corrected chi connectivity index (χ2v) is 5.61. The molecule has 18 heavy (non-hydrogen) atoms. The lowest BCUT2D eigenvalue weighted by Gasteiger charge is -2.41. The van der Waals surface area contributed by atoms with Crippen LogP contribution in [-0.4, -0.2) is 48.4 Å². The summed E-state index contributed by atoms with van der Waals surface area (Å²) in [5.41, 5.74) is 5.34. The molecule has 2 fully saturated rings. The monoisotopic (exact) mass is 256 g/mol. The zero-order chi connectivity index (χ0) is 13.2. The molecule has 1 atom stereocenters. The number of amides is 1. The number of hydrogen-bond donors (Lipinski definition) is 1. The number of hydrogen-bond acceptors (Lipinski definition) is 4. The Morgan fingerprint density at radius 3 is 2.72 bits per heavy atom. The molecule has 2 saturated heterocycles. The molecule has 0 radical (unpaired) electrons. The Labute approximate surface area is 109 Å². The third kappa shape index (κ3) is 2.68. The molecule has 0 bridgehead atoms. The van der Waals surface area contributed by atoms with Crippen LogP contribution in [0.2, 0.25) is 0 Å². The fourth-order valence-electron chi connectivity index (χ4n) is 2.88. The quantitative estimate of drug-likeness (QED) is 0.813. The van der Waals surface area contributed by atoms with Gasteiger partial charge in [-0.25, -0.2) is 0 Å². The zero-order valence-corrected chi connectivity index (χ0v) is 11.4. The topological polar surface area (TPSA) is 64.8 Å². The lowest BCUT2D eigenvalue weighted by molar-refractivity contribution is -0.194. The van der Waals surface area contributed by atoms with Crippen LogP contribution in [0, 0.1) is 0 Å². The molecule has 5 heteroatoms. The van der Waals surface area contributed by atoms with Crippen molar-refractivity contribution in [3.63, 3.8) is 0 Å². The largest absolute Gasteiger partial charge is 0.346 e. The van der Waals surface area contributed by atoms with Crippen LogP contribution < -0.4 is 5.73 Å². The van der Waals surface area contributed by atoms with Crippen LogP contribution >= 0.6 is 0 Å². The number of carbonyl (C=O) groups is 1. The molecular weight excluding hydrogens is 232 g/mol. The van der Waals surface area contributed by atoms with Crippen LogP contribution in [0.1, 0.15) is 39.5 Å². The van der Waals surface area contributed by atoms with Crippen LogP contribution in [0.25, 0.3) is 0 Å². The molecule has 0 aromatic carbocycles. The molecular formula is C13H24N2O3. The van der Waals surface area contributed by atoms with Crippen LogP contribution in [0.4, 0.5) is 0 Å². The average Bonchev–Trinajstić information content (AvgIpc) is 2.76. The number of nitrogens with zero attached hydrogens (tertiary/aromatic N) is 1. The van der Waals surface area contributed by atoms with Crippen molar-refractivity contribution in [1.82, 2.24) is 4.90 Å². The van der Waals surface area contributed by atoms with Crippen LogP contribution in [0.15, 0.2) is 0 Å². The number of rotatable bonds is 3. The molecule has 5 nitrogen and oxygen atoms in total. The van der Waals surface area contributed by atoms with Crippen molar-refractivity contribution < 1.29 is 14.3 Å². The maximum atomic E-state index is 12.4. The van der Waals surface area contributed by atoms with E-state index < -0.39 is 11.3 Å². The van der Waals surface area contributed by atoms with E-state index in [1.165, 1.54) is 0 Å². The number of piperidine rings is 1. The summed E-state index contributed by atoms with van der Waals surface area (Å²) >= 11 is 0. The first-order valence-corrected chi connectivity index (χ1v) is 6.85. The van der Waals surface area contributed by atoms with Crippen molar-refractivity contribution in [2.75, 3.05) is 26.3 Å². The Kier molecular flexibility index (Phi) is 3.94. The van der Waals surface area contributed by atoms with E-state index in [4.69, 9.17) is 15.2 Å². The summed E-state index contributed by atoms with van der Waals surface area (Å²) in [4.78, 5) is 14.2. The molecule has 2 rings (SSSR count). The summed E-state index contributed by atoms with van der Waals surface area (Å²) < 4.78 is 11.4. The molecule has 0 aromatic heterocycles. The van der Waals surface area contributed by atoms with Crippen molar-refractivity contribution >= 4 is 5.91 Å². The number of likely N-dealkylation sites (tertiary alicyclic amines) is 1. The van der Waals surface area contributed by atoms with Crippen molar-refractivity contribution in [1.29, 1.82) is 0 Å². The normalized spacial score (nSPS) is 26.3. The number of ether oxygens (including phenoxy) is 2. The van der Waals surface area contributed by atoms with E-state index >= 15 is 0 Å². The standard InChI is InChI=1S/C13H24N2O3/c1-3-5-12(2,14)11(16)15-7-4-6-13(10-15)17-8-9-18-13/h3-10,14H2,1-2H3. The number of nitrogens with two attached hydrogens (primary N) is 1. The fraction of sp³-hybridized carbons (Fsp3) is 0.923. The van der Waals surface area contributed by atoms with E-state index in [1.807, 2.05) is 18.7 Å². The number of carbonyl (C=O) groups excluding carboxylic acids is 1. The van der Waals surface area contributed by atoms with Gasteiger partial charge < -0.3 is 20.1 Å². The Balaban J connectivity index is 2.02. The second-order valence-electron chi connectivity index (χ2n) is 5.61. The minimum atomic E-state index is -0.772. The van der Waals surface area contributed by atoms with E-state index in [-0.39, 0.29) is 5.91 Å². The van der Waals surface area contributed by atoms with E-state index in [0.717, 1.165) is 25.8 Å². The van der Waals surface area contributed by atoms with Crippen molar-refractivity contribution in [2.45, 2.75) is 50.9 Å². The highest BCUT2D eigenvalue weighted by Crippen LogP contribution is 2.31. The first-order chi connectivity index (χ1) is 8.49. The first kappa shape index (κ1) is 13.8. The molecule has 2 heterocycles. The third-order valence-corrected chi connectivity index (χ3v) is 3.78. The van der Waals surface area contributed by atoms with Gasteiger partial charge in [-0.1, -0.05) is 13.3 Å². The Morgan fingerprint density at radius 1 is 1.44 bits per heavy atom. The molecule has 2 N–H and O–H groups in total. The van der Waals surface area contributed by atoms with Gasteiger partial charge in [-0.3, -0.25) is 4.79 Å². The third-order valence-electron chi connectivity index (χ3n) is 3.78. The highest BCUT2D eigenvalue weighted by atomic mass is 16.7. The molecule has 1 spiro atoms. The van der Waals surface area contributed by atoms with Gasteiger partial charge in [-0.2, -0.15) is 0 Å². The summed E-state index contributed by atoms with van der Waals surface area (Å²) in [6.07, 6.45) is 3.39. The van der Waals surface area contributed by atoms with Gasteiger partial charge in [0.15, 0.2) is 5.79 Å². The van der Waals surface area contributed by atoms with Crippen molar-refractivity contribution in [3.05, 3.63) is 0 Å². The van der Waals surface area contributed by atoms with Gasteiger partial charge in [0.05, 0.1) is 25.3 Å². The minimum Gasteiger partial charge on any atom is -0.346 e. The maximum absolute atomic E-state index is 12.4. The van der Waals surface area contributed by atoms with Gasteiger partial charge in [0, 0.05) is 13.0 Å². The molecule has 0 aliphatic carbocycles. The van der Waals surface area contributed by atoms with Crippen molar-refractivity contribution in [3.8, 4) is 0 Å². The molecule has 1 amide bonds. The Hall–Kier alpha value is -0.650. The van der Waals surface area contributed by atoms with Gasteiger partial charge in [0.2, 0.25) is 5.91 Å². The molecule has 0 aromatic rings. The predicted molar refractivity (Wildman–Crippen MR) is 67.9 cm³/mol. The van der Waals surface area contributed by atoms with Gasteiger partial charge in [-0.15, -0.1) is 0 Å². The second kappa shape index (κ2) is 5.15. The van der Waals surface area contributed by atoms with E-state index in [0.29, 0.717) is 26.2 Å². The van der Waals surface area contributed by atoms with E-state index in [2.05, 4.69) is 0 Å². The highest BCUT2D eigenvalue weighted by molar-refractivity contribution is 5.85. The SMILES string of the molecule is CCCC(C)(N)C(=O)N1CCCC2(C1)OCCO2. The Morgan fingerprint density at radius 2 is 2.11 bits per heavy atom. The summed E-state index contributed by atoms with van der Waals surface area (Å²) in [6, 6.07) is 0. The molecule has 2 aliphatic rings. The molecule has 2 aliphatic heterocycles. The predicted octanol–water partition coefficient (Wildman–Crippen LogP) is 0.869. The molecule has 104 valence electrons. The average molecular weight is 256 g/mol. The minimum absolute atomic E-state index is 0.0162. The Bertz CT molecular complexity index is 311. The van der Waals surface area contributed by atoms with Gasteiger partial charge >= 0.3 is 0 Å². The maximum Gasteiger partial charge on any atom is 0.242 e. The van der Waals surface area contributed by atoms with Gasteiger partial charge in [-0.05, 0) is 19.8 Å². The van der Waals surface area contributed by atoms with Gasteiger partial charge in [0.1, 0.15) is 0 Å². The van der Waals surface area contributed by atoms with Crippen LogP contribution in [0.5, 0.6) is 0 Å². The van der Waals surface area contributed by atoms with Gasteiger partial charge in [0.25, 0.3) is 0 Å². The smallest absolute Gasteiger partial charge is 0.242 e. The highest BCUT2D eigenvalue weighted by Gasteiger charge is 2.44.